The van der Waals surface area contributed by atoms with E-state index in [4.69, 9.17) is 15.0 Å². The highest BCUT2D eigenvalue weighted by Crippen LogP contribution is 2.42. The molecule has 0 aliphatic carbocycles. The first kappa shape index (κ1) is 32.6. The quantitative estimate of drug-likeness (QED) is 0.170. The number of rotatable bonds is 6. The minimum absolute atomic E-state index is 0.640. The molecule has 8 aromatic carbocycles. The van der Waals surface area contributed by atoms with E-state index < -0.39 is 0 Å². The molecule has 0 amide bonds. The number of hydrogen-bond donors (Lipinski definition) is 0. The van der Waals surface area contributed by atoms with E-state index in [1.54, 1.807) is 11.3 Å². The summed E-state index contributed by atoms with van der Waals surface area (Å²) in [5, 5.41) is 5.05. The Morgan fingerprint density at radius 2 is 0.732 bits per heavy atom. The van der Waals surface area contributed by atoms with Gasteiger partial charge in [-0.05, 0) is 63.7 Å². The number of nitrogens with zero attached hydrogens (tertiary/aromatic N) is 3. The molecular weight excluding hydrogens is 719 g/mol. The summed E-state index contributed by atoms with van der Waals surface area (Å²) in [5.41, 5.74) is 9.78. The summed E-state index contributed by atoms with van der Waals surface area (Å²) in [6, 6.07) is 66.7. The fourth-order valence-electron chi connectivity index (χ4n) is 7.85. The summed E-state index contributed by atoms with van der Waals surface area (Å²) in [6.45, 7) is 0. The molecule has 0 bridgehead atoms. The lowest BCUT2D eigenvalue weighted by molar-refractivity contribution is 1.08. The van der Waals surface area contributed by atoms with Gasteiger partial charge in [-0.3, -0.25) is 0 Å². The van der Waals surface area contributed by atoms with E-state index in [2.05, 4.69) is 188 Å². The molecule has 0 aliphatic heterocycles. The lowest BCUT2D eigenvalue weighted by atomic mass is 9.94. The van der Waals surface area contributed by atoms with Crippen LogP contribution in [0, 0.1) is 0 Å². The summed E-state index contributed by atoms with van der Waals surface area (Å²) >= 11 is 3.64. The van der Waals surface area contributed by atoms with Crippen LogP contribution in [-0.4, -0.2) is 15.0 Å². The topological polar surface area (TPSA) is 38.7 Å². The van der Waals surface area contributed by atoms with Crippen LogP contribution < -0.4 is 0 Å². The maximum atomic E-state index is 5.31. The van der Waals surface area contributed by atoms with Gasteiger partial charge < -0.3 is 0 Å². The zero-order valence-corrected chi connectivity index (χ0v) is 31.7. The fourth-order valence-corrected chi connectivity index (χ4v) is 10.3. The third-order valence-corrected chi connectivity index (χ3v) is 13.0. The summed E-state index contributed by atoms with van der Waals surface area (Å²) in [6.07, 6.45) is 0. The van der Waals surface area contributed by atoms with Crippen molar-refractivity contribution in [2.45, 2.75) is 0 Å². The normalized spacial score (nSPS) is 11.6. The second-order valence-electron chi connectivity index (χ2n) is 13.9. The monoisotopic (exact) mass is 749 g/mol. The molecule has 3 heterocycles. The number of hydrogen-bond acceptors (Lipinski definition) is 5. The van der Waals surface area contributed by atoms with E-state index in [9.17, 15) is 0 Å². The van der Waals surface area contributed by atoms with E-state index in [1.165, 1.54) is 51.5 Å². The van der Waals surface area contributed by atoms with Crippen molar-refractivity contribution in [1.82, 2.24) is 15.0 Å². The highest BCUT2D eigenvalue weighted by molar-refractivity contribution is 7.26. The Morgan fingerprint density at radius 1 is 0.268 bits per heavy atom. The van der Waals surface area contributed by atoms with Crippen LogP contribution in [0.5, 0.6) is 0 Å². The molecule has 0 saturated heterocycles. The first-order chi connectivity index (χ1) is 27.7. The highest BCUT2D eigenvalue weighted by Gasteiger charge is 2.20. The van der Waals surface area contributed by atoms with E-state index in [1.807, 2.05) is 11.3 Å². The molecule has 56 heavy (non-hydrogen) atoms. The van der Waals surface area contributed by atoms with Crippen LogP contribution in [0.1, 0.15) is 0 Å². The van der Waals surface area contributed by atoms with Crippen molar-refractivity contribution in [1.29, 1.82) is 0 Å². The predicted octanol–water partition coefficient (Wildman–Crippen LogP) is 14.6. The van der Waals surface area contributed by atoms with Gasteiger partial charge in [0.25, 0.3) is 0 Å². The van der Waals surface area contributed by atoms with Gasteiger partial charge in [0.2, 0.25) is 0 Å². The van der Waals surface area contributed by atoms with Gasteiger partial charge in [-0.1, -0.05) is 158 Å². The number of aromatic nitrogens is 3. The van der Waals surface area contributed by atoms with Crippen LogP contribution >= 0.6 is 22.7 Å². The summed E-state index contributed by atoms with van der Waals surface area (Å²) in [4.78, 5) is 15.8. The van der Waals surface area contributed by atoms with Gasteiger partial charge >= 0.3 is 0 Å². The van der Waals surface area contributed by atoms with Crippen molar-refractivity contribution in [3.63, 3.8) is 0 Å². The zero-order valence-electron chi connectivity index (χ0n) is 30.1. The molecule has 0 N–H and O–H groups in total. The second-order valence-corrected chi connectivity index (χ2v) is 16.0. The molecule has 0 atom stereocenters. The molecule has 3 nitrogen and oxygen atoms in total. The van der Waals surface area contributed by atoms with Gasteiger partial charge in [0.15, 0.2) is 17.5 Å². The lowest BCUT2D eigenvalue weighted by Gasteiger charge is -2.14. The summed E-state index contributed by atoms with van der Waals surface area (Å²) in [5.74, 6) is 1.94. The highest BCUT2D eigenvalue weighted by atomic mass is 32.1. The first-order valence-electron chi connectivity index (χ1n) is 18.7. The largest absolute Gasteiger partial charge is 0.208 e. The second kappa shape index (κ2) is 13.5. The minimum atomic E-state index is 0.640. The number of thiophene rings is 2. The summed E-state index contributed by atoms with van der Waals surface area (Å²) in [7, 11) is 0. The van der Waals surface area contributed by atoms with Crippen molar-refractivity contribution in [3.05, 3.63) is 188 Å². The Labute approximate surface area is 331 Å². The molecule has 0 radical (unpaired) electrons. The van der Waals surface area contributed by atoms with Crippen LogP contribution in [0.15, 0.2) is 188 Å². The third-order valence-electron chi connectivity index (χ3n) is 10.6. The number of fused-ring (bicyclic) bond motifs is 6. The Hall–Kier alpha value is -6.79. The molecule has 11 aromatic rings. The van der Waals surface area contributed by atoms with Crippen molar-refractivity contribution in [2.24, 2.45) is 0 Å². The predicted molar refractivity (Wildman–Crippen MR) is 238 cm³/mol. The molecule has 11 rings (SSSR count). The average molecular weight is 750 g/mol. The molecule has 0 aliphatic rings. The molecule has 0 spiro atoms. The van der Waals surface area contributed by atoms with Gasteiger partial charge in [0.05, 0.1) is 0 Å². The van der Waals surface area contributed by atoms with Crippen LogP contribution in [0.3, 0.4) is 0 Å². The Bertz CT molecular complexity index is 3240. The Morgan fingerprint density at radius 3 is 1.39 bits per heavy atom. The third kappa shape index (κ3) is 5.60. The molecule has 0 fully saturated rings. The van der Waals surface area contributed by atoms with Gasteiger partial charge in [-0.15, -0.1) is 22.7 Å². The zero-order chi connectivity index (χ0) is 37.0. The van der Waals surface area contributed by atoms with Gasteiger partial charge in [-0.2, -0.15) is 0 Å². The molecule has 262 valence electrons. The van der Waals surface area contributed by atoms with E-state index in [-0.39, 0.29) is 0 Å². The van der Waals surface area contributed by atoms with Crippen molar-refractivity contribution >= 4 is 63.0 Å². The average Bonchev–Trinajstić information content (AvgIpc) is 3.86. The van der Waals surface area contributed by atoms with Crippen molar-refractivity contribution in [3.8, 4) is 67.5 Å². The van der Waals surface area contributed by atoms with Gasteiger partial charge in [-0.25, -0.2) is 15.0 Å². The van der Waals surface area contributed by atoms with Crippen LogP contribution in [0.25, 0.3) is 108 Å². The van der Waals surface area contributed by atoms with Gasteiger partial charge in [0.1, 0.15) is 0 Å². The molecule has 5 heteroatoms. The lowest BCUT2D eigenvalue weighted by Crippen LogP contribution is -2.01. The Kier molecular flexibility index (Phi) is 7.87. The van der Waals surface area contributed by atoms with Crippen LogP contribution in [0.4, 0.5) is 0 Å². The fraction of sp³-hybridized carbons (Fsp3) is 0. The smallest absolute Gasteiger partial charge is 0.165 e. The first-order valence-corrected chi connectivity index (χ1v) is 20.3. The van der Waals surface area contributed by atoms with E-state index in [0.29, 0.717) is 17.5 Å². The number of benzene rings is 8. The standard InChI is InChI=1S/C51H31N3S2/c1-3-13-32(14-4-1)36-29-30-42(44(31-36)33-15-5-2-6-16-33)50-52-49(53-51(54-50)43-22-12-21-41-39-18-8-10-24-46(39)56-48(41)43)35-27-25-34(26-28-35)37-19-11-20-40-38-17-7-9-23-45(38)55-47(37)40/h1-31H. The molecular formula is C51H31N3S2. The Balaban J connectivity index is 1.10. The minimum Gasteiger partial charge on any atom is -0.208 e. The van der Waals surface area contributed by atoms with Crippen molar-refractivity contribution in [2.75, 3.05) is 0 Å². The SMILES string of the molecule is c1ccc(-c2ccc(-c3nc(-c4ccc(-c5cccc6c5sc5ccccc56)cc4)nc(-c4cccc5c4sc4ccccc45)n3)c(-c3ccccc3)c2)cc1. The van der Waals surface area contributed by atoms with Gasteiger partial charge in [0, 0.05) is 57.0 Å². The van der Waals surface area contributed by atoms with Crippen LogP contribution in [0.2, 0.25) is 0 Å². The molecule has 3 aromatic heterocycles. The van der Waals surface area contributed by atoms with Crippen molar-refractivity contribution < 1.29 is 0 Å². The van der Waals surface area contributed by atoms with E-state index >= 15 is 0 Å². The maximum Gasteiger partial charge on any atom is 0.165 e. The maximum absolute atomic E-state index is 5.31. The molecule has 0 unspecified atom stereocenters. The molecule has 0 saturated carbocycles. The van der Waals surface area contributed by atoms with Crippen LogP contribution in [-0.2, 0) is 0 Å². The summed E-state index contributed by atoms with van der Waals surface area (Å²) < 4.78 is 5.02. The van der Waals surface area contributed by atoms with E-state index in [0.717, 1.165) is 38.9 Å².